The molecule has 0 spiro atoms. The number of nitrogens with zero attached hydrogens (tertiary/aromatic N) is 2. The number of unbranched alkanes of at least 4 members (excludes halogenated alkanes) is 1. The molecule has 1 aromatic heterocycles. The second kappa shape index (κ2) is 6.12. The van der Waals surface area contributed by atoms with Crippen LogP contribution in [0.25, 0.3) is 0 Å². The molecule has 0 aliphatic heterocycles. The minimum atomic E-state index is -0.169. The molecule has 0 aliphatic carbocycles. The zero-order chi connectivity index (χ0) is 12.9. The predicted octanol–water partition coefficient (Wildman–Crippen LogP) is 2.12. The second-order valence-electron chi connectivity index (χ2n) is 5.21. The van der Waals surface area contributed by atoms with Crippen LogP contribution in [0.4, 0.5) is 0 Å². The highest BCUT2D eigenvalue weighted by Crippen LogP contribution is 2.33. The molecule has 0 bridgehead atoms. The smallest absolute Gasteiger partial charge is 0.226 e. The Morgan fingerprint density at radius 2 is 2.06 bits per heavy atom. The van der Waals surface area contributed by atoms with Crippen LogP contribution < -0.4 is 0 Å². The van der Waals surface area contributed by atoms with Crippen molar-refractivity contribution in [2.75, 3.05) is 13.7 Å². The van der Waals surface area contributed by atoms with Gasteiger partial charge in [-0.3, -0.25) is 0 Å². The quantitative estimate of drug-likeness (QED) is 0.774. The minimum absolute atomic E-state index is 0.0685. The van der Waals surface area contributed by atoms with E-state index < -0.39 is 0 Å². The van der Waals surface area contributed by atoms with Gasteiger partial charge >= 0.3 is 0 Å². The summed E-state index contributed by atoms with van der Waals surface area (Å²) in [6.07, 6.45) is 2.14. The highest BCUT2D eigenvalue weighted by Gasteiger charge is 2.30. The van der Waals surface area contributed by atoms with Crippen LogP contribution in [0, 0.1) is 5.41 Å². The zero-order valence-electron chi connectivity index (χ0n) is 11.1. The molecular formula is C12H22N2O3. The Morgan fingerprint density at radius 3 is 2.59 bits per heavy atom. The van der Waals surface area contributed by atoms with E-state index in [4.69, 9.17) is 14.4 Å². The number of ether oxygens (including phenoxy) is 1. The molecule has 17 heavy (non-hydrogen) atoms. The predicted molar refractivity (Wildman–Crippen MR) is 63.5 cm³/mol. The van der Waals surface area contributed by atoms with Crippen molar-refractivity contribution < 1.29 is 14.4 Å². The third kappa shape index (κ3) is 4.09. The van der Waals surface area contributed by atoms with Gasteiger partial charge in [-0.15, -0.1) is 0 Å². The maximum atomic E-state index is 8.70. The van der Waals surface area contributed by atoms with Crippen molar-refractivity contribution in [3.63, 3.8) is 0 Å². The molecule has 0 aromatic carbocycles. The number of rotatable bonds is 6. The fourth-order valence-corrected chi connectivity index (χ4v) is 1.71. The lowest BCUT2D eigenvalue weighted by molar-refractivity contribution is 0.00718. The molecule has 0 amide bonds. The number of aromatic nitrogens is 2. The molecule has 0 aliphatic rings. The van der Waals surface area contributed by atoms with Crippen molar-refractivity contribution in [2.45, 2.75) is 46.1 Å². The Morgan fingerprint density at radius 1 is 1.35 bits per heavy atom. The summed E-state index contributed by atoms with van der Waals surface area (Å²) in [5, 5.41) is 12.7. The van der Waals surface area contributed by atoms with Crippen LogP contribution in [-0.4, -0.2) is 29.0 Å². The average molecular weight is 242 g/mol. The van der Waals surface area contributed by atoms with E-state index in [0.29, 0.717) is 18.1 Å². The fraction of sp³-hybridized carbons (Fsp3) is 0.833. The van der Waals surface area contributed by atoms with E-state index in [9.17, 15) is 0 Å². The minimum Gasteiger partial charge on any atom is -0.396 e. The van der Waals surface area contributed by atoms with Gasteiger partial charge in [0.1, 0.15) is 6.10 Å². The van der Waals surface area contributed by atoms with Crippen molar-refractivity contribution in [3.8, 4) is 0 Å². The molecule has 0 saturated heterocycles. The molecule has 1 heterocycles. The number of hydrogen-bond acceptors (Lipinski definition) is 5. The highest BCUT2D eigenvalue weighted by atomic mass is 16.5. The van der Waals surface area contributed by atoms with Crippen molar-refractivity contribution in [3.05, 3.63) is 11.7 Å². The van der Waals surface area contributed by atoms with Gasteiger partial charge in [0.2, 0.25) is 11.7 Å². The molecule has 1 aromatic rings. The Labute approximate surface area is 102 Å². The lowest BCUT2D eigenvalue weighted by atomic mass is 9.88. The molecule has 5 heteroatoms. The molecule has 1 atom stereocenters. The summed E-state index contributed by atoms with van der Waals surface area (Å²) in [6, 6.07) is 0. The van der Waals surface area contributed by atoms with E-state index >= 15 is 0 Å². The molecule has 5 nitrogen and oxygen atoms in total. The Balaban J connectivity index is 2.66. The molecule has 1 unspecified atom stereocenters. The lowest BCUT2D eigenvalue weighted by Crippen LogP contribution is -2.21. The highest BCUT2D eigenvalue weighted by molar-refractivity contribution is 4.96. The number of aliphatic hydroxyl groups excluding tert-OH is 1. The monoisotopic (exact) mass is 242 g/mol. The largest absolute Gasteiger partial charge is 0.396 e. The maximum absolute atomic E-state index is 8.70. The summed E-state index contributed by atoms with van der Waals surface area (Å²) in [7, 11) is 1.65. The molecular weight excluding hydrogens is 220 g/mol. The van der Waals surface area contributed by atoms with E-state index in [2.05, 4.69) is 30.9 Å². The van der Waals surface area contributed by atoms with E-state index in [1.807, 2.05) is 0 Å². The Hall–Kier alpha value is -0.940. The lowest BCUT2D eigenvalue weighted by Gasteiger charge is -2.26. The molecule has 1 rings (SSSR count). The van der Waals surface area contributed by atoms with Crippen molar-refractivity contribution in [1.82, 2.24) is 10.1 Å². The first-order valence-corrected chi connectivity index (χ1v) is 5.95. The van der Waals surface area contributed by atoms with Gasteiger partial charge in [-0.05, 0) is 18.3 Å². The van der Waals surface area contributed by atoms with Gasteiger partial charge in [0, 0.05) is 20.1 Å². The Kier molecular flexibility index (Phi) is 5.08. The van der Waals surface area contributed by atoms with Gasteiger partial charge in [0.25, 0.3) is 0 Å². The number of hydrogen-bond donors (Lipinski definition) is 1. The number of methoxy groups -OCH3 is 1. The number of aryl methyl sites for hydroxylation is 1. The molecule has 0 fully saturated rings. The van der Waals surface area contributed by atoms with Gasteiger partial charge in [-0.1, -0.05) is 25.9 Å². The van der Waals surface area contributed by atoms with Crippen LogP contribution in [-0.2, 0) is 11.2 Å². The van der Waals surface area contributed by atoms with Gasteiger partial charge in [0.15, 0.2) is 0 Å². The Bertz CT molecular complexity index is 331. The zero-order valence-corrected chi connectivity index (χ0v) is 11.1. The van der Waals surface area contributed by atoms with Gasteiger partial charge in [-0.25, -0.2) is 0 Å². The van der Waals surface area contributed by atoms with Crippen LogP contribution in [0.2, 0.25) is 0 Å². The topological polar surface area (TPSA) is 68.4 Å². The first-order chi connectivity index (χ1) is 7.99. The summed E-state index contributed by atoms with van der Waals surface area (Å²) >= 11 is 0. The fourth-order valence-electron chi connectivity index (χ4n) is 1.71. The van der Waals surface area contributed by atoms with E-state index in [0.717, 1.165) is 12.8 Å². The van der Waals surface area contributed by atoms with Crippen LogP contribution in [0.15, 0.2) is 4.52 Å². The molecule has 98 valence electrons. The first-order valence-electron chi connectivity index (χ1n) is 5.95. The third-order valence-corrected chi connectivity index (χ3v) is 2.54. The summed E-state index contributed by atoms with van der Waals surface area (Å²) in [5.74, 6) is 1.21. The average Bonchev–Trinajstić information content (AvgIpc) is 2.66. The van der Waals surface area contributed by atoms with Crippen LogP contribution in [0.5, 0.6) is 0 Å². The summed E-state index contributed by atoms with van der Waals surface area (Å²) in [4.78, 5) is 4.34. The normalized spacial score (nSPS) is 13.9. The van der Waals surface area contributed by atoms with Crippen LogP contribution in [0.3, 0.4) is 0 Å². The summed E-state index contributed by atoms with van der Waals surface area (Å²) in [6.45, 7) is 6.42. The standard InChI is InChI=1S/C12H22N2O3/c1-12(2,3)10(16-4)11-13-9(17-14-11)7-5-6-8-15/h10,15H,5-8H2,1-4H3. The second-order valence-corrected chi connectivity index (χ2v) is 5.21. The molecule has 1 N–H and O–H groups in total. The van der Waals surface area contributed by atoms with Crippen molar-refractivity contribution in [1.29, 1.82) is 0 Å². The van der Waals surface area contributed by atoms with E-state index in [1.54, 1.807) is 7.11 Å². The number of aliphatic hydroxyl groups is 1. The van der Waals surface area contributed by atoms with Gasteiger partial charge < -0.3 is 14.4 Å². The first kappa shape index (κ1) is 14.1. The van der Waals surface area contributed by atoms with Crippen molar-refractivity contribution in [2.24, 2.45) is 5.41 Å². The SMILES string of the molecule is COC(c1noc(CCCCO)n1)C(C)(C)C. The van der Waals surface area contributed by atoms with Crippen molar-refractivity contribution >= 4 is 0 Å². The van der Waals surface area contributed by atoms with E-state index in [-0.39, 0.29) is 18.1 Å². The van der Waals surface area contributed by atoms with Crippen LogP contribution >= 0.6 is 0 Å². The summed E-state index contributed by atoms with van der Waals surface area (Å²) < 4.78 is 10.6. The summed E-state index contributed by atoms with van der Waals surface area (Å²) in [5.41, 5.74) is -0.0685. The van der Waals surface area contributed by atoms with E-state index in [1.165, 1.54) is 0 Å². The van der Waals surface area contributed by atoms with Gasteiger partial charge in [-0.2, -0.15) is 4.98 Å². The molecule has 0 radical (unpaired) electrons. The maximum Gasteiger partial charge on any atom is 0.226 e. The van der Waals surface area contributed by atoms with Gasteiger partial charge in [0.05, 0.1) is 0 Å². The van der Waals surface area contributed by atoms with Crippen LogP contribution in [0.1, 0.15) is 51.4 Å². The third-order valence-electron chi connectivity index (χ3n) is 2.54. The molecule has 0 saturated carbocycles.